The molecular formula is C20H29Cl2N3O3. The third kappa shape index (κ3) is 8.48. The highest BCUT2D eigenvalue weighted by atomic mass is 35.5. The average Bonchev–Trinajstić information content (AvgIpc) is 2.60. The van der Waals surface area contributed by atoms with Crippen molar-refractivity contribution in [2.45, 2.75) is 47.0 Å². The fourth-order valence-corrected chi connectivity index (χ4v) is 2.72. The molecule has 0 heterocycles. The standard InChI is InChI=1S/C20H29Cl2N3O3/c1-5-11-25(18(27)7-6-10-23-19(28)20(2,3)4)13-17(26)24-16-12-14(21)8-9-15(16)22/h8-9,12H,5-7,10-11,13H2,1-4H3,(H,23,28)(H,24,26). The van der Waals surface area contributed by atoms with Gasteiger partial charge in [-0.15, -0.1) is 0 Å². The molecule has 0 aliphatic heterocycles. The lowest BCUT2D eigenvalue weighted by Gasteiger charge is -2.22. The van der Waals surface area contributed by atoms with Crippen LogP contribution in [0.15, 0.2) is 18.2 Å². The van der Waals surface area contributed by atoms with Gasteiger partial charge in [0.25, 0.3) is 0 Å². The molecule has 3 amide bonds. The zero-order chi connectivity index (χ0) is 21.3. The number of benzene rings is 1. The summed E-state index contributed by atoms with van der Waals surface area (Å²) in [6.07, 6.45) is 1.51. The van der Waals surface area contributed by atoms with Gasteiger partial charge in [0.15, 0.2) is 0 Å². The second kappa shape index (κ2) is 11.3. The molecule has 0 saturated heterocycles. The molecule has 0 aromatic heterocycles. The van der Waals surface area contributed by atoms with Gasteiger partial charge in [0.05, 0.1) is 17.3 Å². The summed E-state index contributed by atoms with van der Waals surface area (Å²) in [5.74, 6) is -0.519. The van der Waals surface area contributed by atoms with Gasteiger partial charge in [0.1, 0.15) is 0 Å². The van der Waals surface area contributed by atoms with Crippen LogP contribution < -0.4 is 10.6 Å². The van der Waals surface area contributed by atoms with E-state index in [9.17, 15) is 14.4 Å². The lowest BCUT2D eigenvalue weighted by molar-refractivity contribution is -0.135. The molecule has 0 spiro atoms. The zero-order valence-corrected chi connectivity index (χ0v) is 18.4. The molecule has 2 N–H and O–H groups in total. The second-order valence-corrected chi connectivity index (χ2v) is 8.44. The summed E-state index contributed by atoms with van der Waals surface area (Å²) in [5.41, 5.74) is -0.0502. The van der Waals surface area contributed by atoms with Crippen LogP contribution in [-0.4, -0.2) is 42.3 Å². The largest absolute Gasteiger partial charge is 0.356 e. The number of carbonyl (C=O) groups excluding carboxylic acids is 3. The number of hydrogen-bond acceptors (Lipinski definition) is 3. The van der Waals surface area contributed by atoms with Crippen LogP contribution in [0, 0.1) is 5.41 Å². The van der Waals surface area contributed by atoms with Crippen LogP contribution in [0.1, 0.15) is 47.0 Å². The molecule has 0 atom stereocenters. The number of nitrogens with one attached hydrogen (secondary N) is 2. The summed E-state index contributed by atoms with van der Waals surface area (Å²) in [4.78, 5) is 38.2. The number of anilines is 1. The van der Waals surface area contributed by atoms with Gasteiger partial charge < -0.3 is 15.5 Å². The van der Waals surface area contributed by atoms with Crippen molar-refractivity contribution in [3.8, 4) is 0 Å². The Morgan fingerprint density at radius 2 is 1.82 bits per heavy atom. The van der Waals surface area contributed by atoms with E-state index in [2.05, 4.69) is 10.6 Å². The molecule has 1 rings (SSSR count). The van der Waals surface area contributed by atoms with Crippen molar-refractivity contribution in [2.75, 3.05) is 25.0 Å². The maximum absolute atomic E-state index is 12.5. The molecule has 0 unspecified atom stereocenters. The van der Waals surface area contributed by atoms with Gasteiger partial charge in [-0.25, -0.2) is 0 Å². The molecule has 0 bridgehead atoms. The third-order valence-electron chi connectivity index (χ3n) is 3.92. The quantitative estimate of drug-likeness (QED) is 0.579. The predicted molar refractivity (Wildman–Crippen MR) is 114 cm³/mol. The monoisotopic (exact) mass is 429 g/mol. The summed E-state index contributed by atoms with van der Waals surface area (Å²) >= 11 is 12.0. The van der Waals surface area contributed by atoms with Crippen molar-refractivity contribution in [3.05, 3.63) is 28.2 Å². The Labute approximate surface area is 176 Å². The Bertz CT molecular complexity index is 702. The number of rotatable bonds is 9. The normalized spacial score (nSPS) is 11.1. The second-order valence-electron chi connectivity index (χ2n) is 7.60. The number of carbonyl (C=O) groups is 3. The molecule has 1 aromatic rings. The molecule has 0 fully saturated rings. The first-order valence-corrected chi connectivity index (χ1v) is 10.1. The van der Waals surface area contributed by atoms with Crippen molar-refractivity contribution in [3.63, 3.8) is 0 Å². The van der Waals surface area contributed by atoms with Gasteiger partial charge in [-0.05, 0) is 31.0 Å². The minimum Gasteiger partial charge on any atom is -0.356 e. The van der Waals surface area contributed by atoms with Crippen molar-refractivity contribution in [1.82, 2.24) is 10.2 Å². The highest BCUT2D eigenvalue weighted by molar-refractivity contribution is 6.35. The van der Waals surface area contributed by atoms with Crippen molar-refractivity contribution in [1.29, 1.82) is 0 Å². The number of halogens is 2. The fourth-order valence-electron chi connectivity index (χ4n) is 2.38. The van der Waals surface area contributed by atoms with E-state index in [1.807, 2.05) is 27.7 Å². The van der Waals surface area contributed by atoms with Gasteiger partial charge in [0.2, 0.25) is 17.7 Å². The Hall–Kier alpha value is -1.79. The van der Waals surface area contributed by atoms with E-state index in [0.717, 1.165) is 6.42 Å². The maximum atomic E-state index is 12.5. The molecule has 28 heavy (non-hydrogen) atoms. The van der Waals surface area contributed by atoms with E-state index in [1.54, 1.807) is 18.2 Å². The summed E-state index contributed by atoms with van der Waals surface area (Å²) < 4.78 is 0. The van der Waals surface area contributed by atoms with Crippen LogP contribution >= 0.6 is 23.2 Å². The molecule has 156 valence electrons. The first-order chi connectivity index (χ1) is 13.0. The van der Waals surface area contributed by atoms with E-state index in [0.29, 0.717) is 35.2 Å². The van der Waals surface area contributed by atoms with Crippen molar-refractivity contribution in [2.24, 2.45) is 5.41 Å². The van der Waals surface area contributed by atoms with Gasteiger partial charge in [0, 0.05) is 29.9 Å². The Morgan fingerprint density at radius 3 is 2.43 bits per heavy atom. The molecule has 1 aromatic carbocycles. The van der Waals surface area contributed by atoms with Crippen LogP contribution in [0.2, 0.25) is 10.0 Å². The summed E-state index contributed by atoms with van der Waals surface area (Å²) in [6, 6.07) is 4.79. The topological polar surface area (TPSA) is 78.5 Å². The molecule has 8 heteroatoms. The Morgan fingerprint density at radius 1 is 1.14 bits per heavy atom. The molecule has 0 saturated carbocycles. The number of amides is 3. The first-order valence-electron chi connectivity index (χ1n) is 9.35. The first kappa shape index (κ1) is 24.2. The van der Waals surface area contributed by atoms with Crippen LogP contribution in [0.5, 0.6) is 0 Å². The minimum atomic E-state index is -0.460. The van der Waals surface area contributed by atoms with Crippen molar-refractivity contribution >= 4 is 46.6 Å². The summed E-state index contributed by atoms with van der Waals surface area (Å²) in [6.45, 7) is 8.28. The van der Waals surface area contributed by atoms with Gasteiger partial charge >= 0.3 is 0 Å². The van der Waals surface area contributed by atoms with Gasteiger partial charge in [-0.1, -0.05) is 50.9 Å². The average molecular weight is 430 g/mol. The number of hydrogen-bond donors (Lipinski definition) is 2. The van der Waals surface area contributed by atoms with Crippen LogP contribution in [0.4, 0.5) is 5.69 Å². The lowest BCUT2D eigenvalue weighted by atomic mass is 9.96. The van der Waals surface area contributed by atoms with Crippen LogP contribution in [-0.2, 0) is 14.4 Å². The molecule has 0 aliphatic rings. The summed E-state index contributed by atoms with van der Waals surface area (Å²) in [5, 5.41) is 6.34. The minimum absolute atomic E-state index is 0.0526. The molecular weight excluding hydrogens is 401 g/mol. The fraction of sp³-hybridized carbons (Fsp3) is 0.550. The van der Waals surface area contributed by atoms with E-state index in [4.69, 9.17) is 23.2 Å². The van der Waals surface area contributed by atoms with Crippen LogP contribution in [0.25, 0.3) is 0 Å². The van der Waals surface area contributed by atoms with Gasteiger partial charge in [-0.3, -0.25) is 14.4 Å². The molecule has 0 radical (unpaired) electrons. The van der Waals surface area contributed by atoms with Crippen molar-refractivity contribution < 1.29 is 14.4 Å². The Balaban J connectivity index is 2.54. The smallest absolute Gasteiger partial charge is 0.244 e. The SMILES string of the molecule is CCCN(CC(=O)Nc1cc(Cl)ccc1Cl)C(=O)CCCNC(=O)C(C)(C)C. The predicted octanol–water partition coefficient (Wildman–Crippen LogP) is 4.11. The molecule has 0 aliphatic carbocycles. The third-order valence-corrected chi connectivity index (χ3v) is 4.48. The van der Waals surface area contributed by atoms with E-state index in [1.165, 1.54) is 4.90 Å². The number of nitrogens with zero attached hydrogens (tertiary/aromatic N) is 1. The van der Waals surface area contributed by atoms with E-state index >= 15 is 0 Å². The summed E-state index contributed by atoms with van der Waals surface area (Å²) in [7, 11) is 0. The van der Waals surface area contributed by atoms with Crippen LogP contribution in [0.3, 0.4) is 0 Å². The van der Waals surface area contributed by atoms with Gasteiger partial charge in [-0.2, -0.15) is 0 Å². The van der Waals surface area contributed by atoms with E-state index < -0.39 is 5.41 Å². The zero-order valence-electron chi connectivity index (χ0n) is 16.9. The highest BCUT2D eigenvalue weighted by Crippen LogP contribution is 2.25. The maximum Gasteiger partial charge on any atom is 0.244 e. The van der Waals surface area contributed by atoms with E-state index in [-0.39, 0.29) is 30.7 Å². The highest BCUT2D eigenvalue weighted by Gasteiger charge is 2.21. The molecule has 6 nitrogen and oxygen atoms in total. The Kier molecular flexibility index (Phi) is 9.76. The lowest BCUT2D eigenvalue weighted by Crippen LogP contribution is -2.39.